The van der Waals surface area contributed by atoms with Crippen LogP contribution < -0.4 is 15.5 Å². The minimum Gasteiger partial charge on any atom is -0.357 e. The summed E-state index contributed by atoms with van der Waals surface area (Å²) in [6.45, 7) is 8.13. The Balaban J connectivity index is 0.00000289. The molecular formula is C25H37IN6. The van der Waals surface area contributed by atoms with Gasteiger partial charge in [0, 0.05) is 44.5 Å². The first-order valence-electron chi connectivity index (χ1n) is 11.8. The number of likely N-dealkylation sites (tertiary alicyclic amines) is 1. The van der Waals surface area contributed by atoms with Gasteiger partial charge in [0.15, 0.2) is 5.96 Å². The van der Waals surface area contributed by atoms with Crippen LogP contribution in [0.25, 0.3) is 0 Å². The highest BCUT2D eigenvalue weighted by Gasteiger charge is 2.25. The summed E-state index contributed by atoms with van der Waals surface area (Å²) < 4.78 is 0. The fourth-order valence-corrected chi connectivity index (χ4v) is 4.63. The molecule has 2 fully saturated rings. The SMILES string of the molecule is CCNC(=NCC1CCCN1Cc1ccccc1)NC1CCN(c2ccccn2)CC1.I. The lowest BCUT2D eigenvalue weighted by atomic mass is 10.1. The molecule has 0 radical (unpaired) electrons. The predicted octanol–water partition coefficient (Wildman–Crippen LogP) is 3.89. The number of rotatable bonds is 7. The van der Waals surface area contributed by atoms with Gasteiger partial charge in [-0.15, -0.1) is 24.0 Å². The molecule has 174 valence electrons. The van der Waals surface area contributed by atoms with Crippen molar-refractivity contribution in [2.75, 3.05) is 37.6 Å². The molecule has 2 aliphatic heterocycles. The molecule has 6 nitrogen and oxygen atoms in total. The summed E-state index contributed by atoms with van der Waals surface area (Å²) in [4.78, 5) is 14.4. The van der Waals surface area contributed by atoms with Crippen LogP contribution in [0.5, 0.6) is 0 Å². The Bertz CT molecular complexity index is 808. The van der Waals surface area contributed by atoms with Gasteiger partial charge in [-0.2, -0.15) is 0 Å². The maximum atomic E-state index is 4.99. The Morgan fingerprint density at radius 3 is 2.53 bits per heavy atom. The van der Waals surface area contributed by atoms with Crippen molar-refractivity contribution in [3.63, 3.8) is 0 Å². The van der Waals surface area contributed by atoms with E-state index >= 15 is 0 Å². The standard InChI is InChI=1S/C25H36N6.HI/c1-2-26-25(29-22-13-17-30(18-14-22)24-12-6-7-15-27-24)28-19-23-11-8-16-31(23)20-21-9-4-3-5-10-21;/h3-7,9-10,12,15,22-23H,2,8,11,13-14,16-20H2,1H3,(H2,26,28,29);1H. The zero-order valence-electron chi connectivity index (χ0n) is 19.1. The number of nitrogens with one attached hydrogen (secondary N) is 2. The molecule has 0 bridgehead atoms. The number of benzene rings is 1. The molecule has 3 heterocycles. The van der Waals surface area contributed by atoms with Gasteiger partial charge in [-0.1, -0.05) is 36.4 Å². The van der Waals surface area contributed by atoms with E-state index < -0.39 is 0 Å². The minimum atomic E-state index is 0. The number of guanidine groups is 1. The van der Waals surface area contributed by atoms with Crippen LogP contribution in [0.15, 0.2) is 59.7 Å². The lowest BCUT2D eigenvalue weighted by Crippen LogP contribution is -2.49. The van der Waals surface area contributed by atoms with Crippen molar-refractivity contribution < 1.29 is 0 Å². The molecule has 2 N–H and O–H groups in total. The zero-order valence-corrected chi connectivity index (χ0v) is 21.4. The molecule has 0 amide bonds. The number of piperidine rings is 1. The molecule has 7 heteroatoms. The van der Waals surface area contributed by atoms with Crippen molar-refractivity contribution in [2.45, 2.75) is 51.2 Å². The highest BCUT2D eigenvalue weighted by Crippen LogP contribution is 2.21. The van der Waals surface area contributed by atoms with Crippen molar-refractivity contribution >= 4 is 35.8 Å². The van der Waals surface area contributed by atoms with E-state index in [9.17, 15) is 0 Å². The average molecular weight is 549 g/mol. The maximum absolute atomic E-state index is 4.99. The van der Waals surface area contributed by atoms with E-state index in [-0.39, 0.29) is 24.0 Å². The Morgan fingerprint density at radius 1 is 1.03 bits per heavy atom. The molecule has 1 atom stereocenters. The fraction of sp³-hybridized carbons (Fsp3) is 0.520. The highest BCUT2D eigenvalue weighted by molar-refractivity contribution is 14.0. The summed E-state index contributed by atoms with van der Waals surface area (Å²) in [5.74, 6) is 2.05. The molecule has 1 aromatic carbocycles. The van der Waals surface area contributed by atoms with Gasteiger partial charge in [0.1, 0.15) is 5.82 Å². The highest BCUT2D eigenvalue weighted by atomic mass is 127. The van der Waals surface area contributed by atoms with Crippen LogP contribution in [0.3, 0.4) is 0 Å². The maximum Gasteiger partial charge on any atom is 0.191 e. The Labute approximate surface area is 209 Å². The molecule has 2 aromatic rings. The van der Waals surface area contributed by atoms with Gasteiger partial charge in [-0.25, -0.2) is 4.98 Å². The van der Waals surface area contributed by atoms with E-state index in [4.69, 9.17) is 4.99 Å². The third kappa shape index (κ3) is 7.07. The summed E-state index contributed by atoms with van der Waals surface area (Å²) >= 11 is 0. The van der Waals surface area contributed by atoms with E-state index in [2.05, 4.69) is 74.8 Å². The van der Waals surface area contributed by atoms with Gasteiger partial charge >= 0.3 is 0 Å². The first-order valence-corrected chi connectivity index (χ1v) is 11.8. The molecule has 0 aliphatic carbocycles. The van der Waals surface area contributed by atoms with Crippen LogP contribution in [0, 0.1) is 0 Å². The molecule has 1 aromatic heterocycles. The number of halogens is 1. The summed E-state index contributed by atoms with van der Waals surface area (Å²) in [6, 6.07) is 17.9. The summed E-state index contributed by atoms with van der Waals surface area (Å²) in [5, 5.41) is 7.15. The summed E-state index contributed by atoms with van der Waals surface area (Å²) in [6.07, 6.45) is 6.58. The third-order valence-electron chi connectivity index (χ3n) is 6.34. The van der Waals surface area contributed by atoms with Crippen LogP contribution in [-0.2, 0) is 6.54 Å². The normalized spacial score (nSPS) is 20.1. The summed E-state index contributed by atoms with van der Waals surface area (Å²) in [5.41, 5.74) is 1.39. The number of aliphatic imine (C=N–C) groups is 1. The number of aromatic nitrogens is 1. The summed E-state index contributed by atoms with van der Waals surface area (Å²) in [7, 11) is 0. The third-order valence-corrected chi connectivity index (χ3v) is 6.34. The van der Waals surface area contributed by atoms with E-state index in [1.165, 1.54) is 24.9 Å². The van der Waals surface area contributed by atoms with Gasteiger partial charge in [-0.05, 0) is 56.8 Å². The quantitative estimate of drug-likeness (QED) is 0.313. The van der Waals surface area contributed by atoms with Gasteiger partial charge in [0.25, 0.3) is 0 Å². The largest absolute Gasteiger partial charge is 0.357 e. The minimum absolute atomic E-state index is 0. The smallest absolute Gasteiger partial charge is 0.191 e. The predicted molar refractivity (Wildman–Crippen MR) is 144 cm³/mol. The van der Waals surface area contributed by atoms with Gasteiger partial charge in [-0.3, -0.25) is 9.89 Å². The van der Waals surface area contributed by atoms with E-state index in [0.717, 1.165) is 57.3 Å². The number of hydrogen-bond donors (Lipinski definition) is 2. The van der Waals surface area contributed by atoms with Crippen LogP contribution >= 0.6 is 24.0 Å². The van der Waals surface area contributed by atoms with Crippen molar-refractivity contribution in [3.8, 4) is 0 Å². The van der Waals surface area contributed by atoms with Gasteiger partial charge in [0.05, 0.1) is 6.54 Å². The lowest BCUT2D eigenvalue weighted by Gasteiger charge is -2.34. The zero-order chi connectivity index (χ0) is 21.3. The van der Waals surface area contributed by atoms with Gasteiger partial charge in [0.2, 0.25) is 0 Å². The lowest BCUT2D eigenvalue weighted by molar-refractivity contribution is 0.250. The monoisotopic (exact) mass is 548 g/mol. The Kier molecular flexibility index (Phi) is 10.1. The fourth-order valence-electron chi connectivity index (χ4n) is 4.63. The van der Waals surface area contributed by atoms with Crippen LogP contribution in [0.4, 0.5) is 5.82 Å². The van der Waals surface area contributed by atoms with Crippen molar-refractivity contribution in [3.05, 3.63) is 60.3 Å². The second kappa shape index (κ2) is 13.0. The topological polar surface area (TPSA) is 55.8 Å². The number of nitrogens with zero attached hydrogens (tertiary/aromatic N) is 4. The molecule has 1 unspecified atom stereocenters. The first-order chi connectivity index (χ1) is 15.3. The molecule has 32 heavy (non-hydrogen) atoms. The molecule has 0 spiro atoms. The Hall–Kier alpha value is -1.87. The van der Waals surface area contributed by atoms with Crippen molar-refractivity contribution in [2.24, 2.45) is 4.99 Å². The first kappa shape index (κ1) is 24.8. The number of anilines is 1. The molecule has 2 saturated heterocycles. The molecular weight excluding hydrogens is 511 g/mol. The second-order valence-corrected chi connectivity index (χ2v) is 8.57. The molecule has 2 aliphatic rings. The van der Waals surface area contributed by atoms with E-state index in [1.807, 2.05) is 12.3 Å². The van der Waals surface area contributed by atoms with Crippen LogP contribution in [0.2, 0.25) is 0 Å². The van der Waals surface area contributed by atoms with Gasteiger partial charge < -0.3 is 15.5 Å². The van der Waals surface area contributed by atoms with Crippen LogP contribution in [-0.4, -0.2) is 60.7 Å². The number of pyridine rings is 1. The van der Waals surface area contributed by atoms with Crippen molar-refractivity contribution in [1.29, 1.82) is 0 Å². The molecule has 4 rings (SSSR count). The molecule has 0 saturated carbocycles. The number of hydrogen-bond acceptors (Lipinski definition) is 4. The second-order valence-electron chi connectivity index (χ2n) is 8.57. The van der Waals surface area contributed by atoms with Crippen LogP contribution in [0.1, 0.15) is 38.2 Å². The van der Waals surface area contributed by atoms with E-state index in [0.29, 0.717) is 12.1 Å². The van der Waals surface area contributed by atoms with Crippen molar-refractivity contribution in [1.82, 2.24) is 20.5 Å². The van der Waals surface area contributed by atoms with E-state index in [1.54, 1.807) is 0 Å². The average Bonchev–Trinajstić information content (AvgIpc) is 3.26. The Morgan fingerprint density at radius 2 is 1.81 bits per heavy atom.